The number of para-hydroxylation sites is 1. The molecule has 0 N–H and O–H groups in total. The minimum atomic E-state index is -4.99. The average Bonchev–Trinajstić information content (AvgIpc) is 2.75. The van der Waals surface area contributed by atoms with E-state index in [0.29, 0.717) is 0 Å². The summed E-state index contributed by atoms with van der Waals surface area (Å²) in [4.78, 5) is 13.1. The first-order valence-corrected chi connectivity index (χ1v) is 9.62. The van der Waals surface area contributed by atoms with Crippen molar-refractivity contribution < 1.29 is 36.9 Å². The van der Waals surface area contributed by atoms with Gasteiger partial charge in [-0.1, -0.05) is 48.5 Å². The highest BCUT2D eigenvalue weighted by atomic mass is 19.4. The monoisotopic (exact) mass is 446 g/mol. The Kier molecular flexibility index (Phi) is 6.92. The number of rotatable bonds is 7. The van der Waals surface area contributed by atoms with E-state index < -0.39 is 18.1 Å². The number of carbonyl (C=O) groups excluding carboxylic acids is 1. The molecular weight excluding hydrogens is 425 g/mol. The Morgan fingerprint density at radius 3 is 2.00 bits per heavy atom. The Morgan fingerprint density at radius 1 is 0.844 bits per heavy atom. The highest BCUT2D eigenvalue weighted by Gasteiger charge is 2.37. The van der Waals surface area contributed by atoms with E-state index in [9.17, 15) is 18.0 Å². The number of alkyl halides is 3. The van der Waals surface area contributed by atoms with Gasteiger partial charge in [0.25, 0.3) is 0 Å². The van der Waals surface area contributed by atoms with Crippen LogP contribution in [0, 0.1) is 13.8 Å². The van der Waals surface area contributed by atoms with E-state index in [1.54, 1.807) is 30.3 Å². The number of hydrogen-bond donors (Lipinski definition) is 0. The van der Waals surface area contributed by atoms with Gasteiger partial charge < -0.3 is 18.9 Å². The summed E-state index contributed by atoms with van der Waals surface area (Å²) < 4.78 is 60.0. The average molecular weight is 446 g/mol. The lowest BCUT2D eigenvalue weighted by Gasteiger charge is -2.22. The van der Waals surface area contributed by atoms with Gasteiger partial charge in [-0.2, -0.15) is 0 Å². The lowest BCUT2D eigenvalue weighted by molar-refractivity contribution is -0.275. The molecule has 0 saturated heterocycles. The molecule has 32 heavy (non-hydrogen) atoms. The molecule has 0 fully saturated rings. The lowest BCUT2D eigenvalue weighted by Crippen LogP contribution is -2.21. The predicted octanol–water partition coefficient (Wildman–Crippen LogP) is 6.01. The Balaban J connectivity index is 2.11. The van der Waals surface area contributed by atoms with Crippen LogP contribution >= 0.6 is 0 Å². The van der Waals surface area contributed by atoms with Crippen LogP contribution in [0.4, 0.5) is 13.2 Å². The SMILES string of the molecule is COc1c(C)c(OCc2ccccc2)c(C(=O)Oc2ccccc2)c(C)c1OC(F)(F)F. The van der Waals surface area contributed by atoms with Gasteiger partial charge in [0.05, 0.1) is 7.11 Å². The second-order valence-corrected chi connectivity index (χ2v) is 6.84. The fourth-order valence-electron chi connectivity index (χ4n) is 3.20. The quantitative estimate of drug-likeness (QED) is 0.329. The van der Waals surface area contributed by atoms with Gasteiger partial charge in [0.1, 0.15) is 23.7 Å². The zero-order valence-corrected chi connectivity index (χ0v) is 17.7. The molecule has 0 amide bonds. The van der Waals surface area contributed by atoms with Gasteiger partial charge in [-0.15, -0.1) is 13.2 Å². The topological polar surface area (TPSA) is 54.0 Å². The van der Waals surface area contributed by atoms with Crippen molar-refractivity contribution in [3.8, 4) is 23.0 Å². The van der Waals surface area contributed by atoms with E-state index in [2.05, 4.69) is 4.74 Å². The molecule has 0 heterocycles. The van der Waals surface area contributed by atoms with Crippen molar-refractivity contribution in [1.29, 1.82) is 0 Å². The molecular formula is C24H21F3O5. The number of benzene rings is 3. The van der Waals surface area contributed by atoms with Crippen LogP contribution in [0.25, 0.3) is 0 Å². The van der Waals surface area contributed by atoms with Gasteiger partial charge in [-0.3, -0.25) is 0 Å². The summed E-state index contributed by atoms with van der Waals surface area (Å²) in [5, 5.41) is 0. The zero-order chi connectivity index (χ0) is 23.3. The molecule has 0 saturated carbocycles. The molecule has 0 aliphatic carbocycles. The molecule has 0 unspecified atom stereocenters. The summed E-state index contributed by atoms with van der Waals surface area (Å²) in [6, 6.07) is 17.3. The van der Waals surface area contributed by atoms with Crippen LogP contribution in [0.15, 0.2) is 60.7 Å². The highest BCUT2D eigenvalue weighted by Crippen LogP contribution is 2.46. The molecule has 0 aliphatic rings. The van der Waals surface area contributed by atoms with Crippen molar-refractivity contribution >= 4 is 5.97 Å². The first-order chi connectivity index (χ1) is 15.2. The maximum absolute atomic E-state index is 13.1. The smallest absolute Gasteiger partial charge is 0.492 e. The molecule has 0 aromatic heterocycles. The summed E-state index contributed by atoms with van der Waals surface area (Å²) in [5.74, 6) is -1.39. The van der Waals surface area contributed by atoms with Crippen molar-refractivity contribution in [2.24, 2.45) is 0 Å². The number of carbonyl (C=O) groups is 1. The fourth-order valence-corrected chi connectivity index (χ4v) is 3.20. The van der Waals surface area contributed by atoms with Crippen molar-refractivity contribution in [2.75, 3.05) is 7.11 Å². The Bertz CT molecular complexity index is 1080. The standard InChI is InChI=1S/C24H21F3O5/c1-15-19(23(28)31-18-12-8-5-9-13-18)20(30-14-17-10-6-4-7-11-17)16(2)21(29-3)22(15)32-24(25,26)27/h4-13H,14H2,1-3H3. The Labute approximate surface area is 183 Å². The van der Waals surface area contributed by atoms with E-state index in [0.717, 1.165) is 5.56 Å². The number of ether oxygens (including phenoxy) is 4. The lowest BCUT2D eigenvalue weighted by atomic mass is 10.0. The van der Waals surface area contributed by atoms with Crippen molar-refractivity contribution in [1.82, 2.24) is 0 Å². The minimum absolute atomic E-state index is 0.0543. The first kappa shape index (κ1) is 23.0. The van der Waals surface area contributed by atoms with Gasteiger partial charge >= 0.3 is 12.3 Å². The molecule has 0 aliphatic heterocycles. The van der Waals surface area contributed by atoms with E-state index in [1.807, 2.05) is 30.3 Å². The van der Waals surface area contributed by atoms with Gasteiger partial charge in [0, 0.05) is 11.1 Å². The van der Waals surface area contributed by atoms with E-state index in [-0.39, 0.29) is 40.5 Å². The zero-order valence-electron chi connectivity index (χ0n) is 17.7. The summed E-state index contributed by atoms with van der Waals surface area (Å²) in [6.07, 6.45) is -4.99. The van der Waals surface area contributed by atoms with Gasteiger partial charge in [0.2, 0.25) is 0 Å². The van der Waals surface area contributed by atoms with Gasteiger partial charge in [0.15, 0.2) is 11.5 Å². The van der Waals surface area contributed by atoms with Crippen LogP contribution in [0.1, 0.15) is 27.0 Å². The molecule has 0 atom stereocenters. The number of halogens is 3. The van der Waals surface area contributed by atoms with Crippen LogP contribution < -0.4 is 18.9 Å². The van der Waals surface area contributed by atoms with Crippen LogP contribution in [0.5, 0.6) is 23.0 Å². The van der Waals surface area contributed by atoms with Gasteiger partial charge in [-0.05, 0) is 31.5 Å². The van der Waals surface area contributed by atoms with E-state index in [4.69, 9.17) is 14.2 Å². The van der Waals surface area contributed by atoms with Gasteiger partial charge in [-0.25, -0.2) is 4.79 Å². The Hall–Kier alpha value is -3.68. The fraction of sp³-hybridized carbons (Fsp3) is 0.208. The van der Waals surface area contributed by atoms with Crippen LogP contribution in [-0.2, 0) is 6.61 Å². The van der Waals surface area contributed by atoms with Crippen molar-refractivity contribution in [2.45, 2.75) is 26.8 Å². The summed E-state index contributed by atoms with van der Waals surface area (Å²) in [5.41, 5.74) is 0.686. The molecule has 3 aromatic rings. The van der Waals surface area contributed by atoms with Crippen molar-refractivity contribution in [3.05, 3.63) is 82.9 Å². The highest BCUT2D eigenvalue weighted by molar-refractivity contribution is 5.97. The largest absolute Gasteiger partial charge is 0.573 e. The molecule has 0 spiro atoms. The molecule has 5 nitrogen and oxygen atoms in total. The molecule has 168 valence electrons. The number of methoxy groups -OCH3 is 1. The molecule has 0 radical (unpaired) electrons. The summed E-state index contributed by atoms with van der Waals surface area (Å²) in [6.45, 7) is 2.89. The minimum Gasteiger partial charge on any atom is -0.492 e. The van der Waals surface area contributed by atoms with Crippen LogP contribution in [0.3, 0.4) is 0 Å². The van der Waals surface area contributed by atoms with Crippen LogP contribution in [0.2, 0.25) is 0 Å². The molecule has 3 rings (SSSR count). The molecule has 8 heteroatoms. The first-order valence-electron chi connectivity index (χ1n) is 9.62. The number of hydrogen-bond acceptors (Lipinski definition) is 5. The second kappa shape index (κ2) is 9.64. The third kappa shape index (κ3) is 5.32. The maximum atomic E-state index is 13.1. The normalized spacial score (nSPS) is 11.1. The Morgan fingerprint density at radius 2 is 1.44 bits per heavy atom. The summed E-state index contributed by atoms with van der Waals surface area (Å²) in [7, 11) is 1.22. The van der Waals surface area contributed by atoms with Crippen LogP contribution in [-0.4, -0.2) is 19.4 Å². The van der Waals surface area contributed by atoms with E-state index >= 15 is 0 Å². The molecule has 3 aromatic carbocycles. The molecule has 0 bridgehead atoms. The number of esters is 1. The third-order valence-corrected chi connectivity index (χ3v) is 4.64. The third-order valence-electron chi connectivity index (χ3n) is 4.64. The maximum Gasteiger partial charge on any atom is 0.573 e. The summed E-state index contributed by atoms with van der Waals surface area (Å²) >= 11 is 0. The predicted molar refractivity (Wildman–Crippen MR) is 111 cm³/mol. The van der Waals surface area contributed by atoms with Crippen molar-refractivity contribution in [3.63, 3.8) is 0 Å². The van der Waals surface area contributed by atoms with E-state index in [1.165, 1.54) is 21.0 Å². The second-order valence-electron chi connectivity index (χ2n) is 6.84.